The molecule has 1 heteroatoms. The van der Waals surface area contributed by atoms with Crippen molar-refractivity contribution in [3.05, 3.63) is 0 Å². The summed E-state index contributed by atoms with van der Waals surface area (Å²) in [5, 5.41) is 8.58. The summed E-state index contributed by atoms with van der Waals surface area (Å²) in [7, 11) is 0. The van der Waals surface area contributed by atoms with Gasteiger partial charge >= 0.3 is 0 Å². The summed E-state index contributed by atoms with van der Waals surface area (Å²) < 4.78 is 0. The van der Waals surface area contributed by atoms with Crippen LogP contribution < -0.4 is 0 Å². The van der Waals surface area contributed by atoms with E-state index in [0.717, 1.165) is 25.7 Å². The Labute approximate surface area is 102 Å². The lowest BCUT2D eigenvalue weighted by Gasteiger charge is -1.97. The molecular weight excluding hydrogens is 196 g/mol. The fourth-order valence-corrected chi connectivity index (χ4v) is 1.67. The highest BCUT2D eigenvalue weighted by molar-refractivity contribution is 4.98. The van der Waals surface area contributed by atoms with Crippen molar-refractivity contribution < 1.29 is 5.11 Å². The monoisotopic (exact) mass is 224 g/mol. The van der Waals surface area contributed by atoms with Gasteiger partial charge in [0.15, 0.2) is 0 Å². The van der Waals surface area contributed by atoms with E-state index < -0.39 is 0 Å². The molecule has 0 heterocycles. The third-order valence-electron chi connectivity index (χ3n) is 2.74. The molecule has 0 bridgehead atoms. The predicted octanol–water partition coefficient (Wildman–Crippen LogP) is 4.29. The van der Waals surface area contributed by atoms with Crippen LogP contribution in [0.5, 0.6) is 0 Å². The molecule has 16 heavy (non-hydrogen) atoms. The van der Waals surface area contributed by atoms with Crippen LogP contribution >= 0.6 is 0 Å². The second-order valence-electron chi connectivity index (χ2n) is 4.41. The van der Waals surface area contributed by atoms with Gasteiger partial charge in [0.25, 0.3) is 0 Å². The Morgan fingerprint density at radius 1 is 0.688 bits per heavy atom. The lowest BCUT2D eigenvalue weighted by atomic mass is 10.1. The largest absolute Gasteiger partial charge is 0.396 e. The van der Waals surface area contributed by atoms with E-state index in [4.69, 9.17) is 5.11 Å². The van der Waals surface area contributed by atoms with Gasteiger partial charge in [0, 0.05) is 19.4 Å². The van der Waals surface area contributed by atoms with Crippen LogP contribution in [0.1, 0.15) is 77.6 Å². The number of hydrogen-bond acceptors (Lipinski definition) is 1. The summed E-state index contributed by atoms with van der Waals surface area (Å²) in [6.45, 7) is 2.56. The molecule has 0 atom stereocenters. The van der Waals surface area contributed by atoms with Crippen LogP contribution in [0.15, 0.2) is 0 Å². The number of unbranched alkanes of at least 4 members (excludes halogenated alkanes) is 9. The molecule has 0 fully saturated rings. The molecule has 0 radical (unpaired) electrons. The maximum atomic E-state index is 8.58. The van der Waals surface area contributed by atoms with Gasteiger partial charge in [-0.1, -0.05) is 45.4 Å². The van der Waals surface area contributed by atoms with Crippen molar-refractivity contribution in [2.75, 3.05) is 6.61 Å². The quantitative estimate of drug-likeness (QED) is 0.433. The molecule has 0 unspecified atom stereocenters. The van der Waals surface area contributed by atoms with Gasteiger partial charge in [-0.2, -0.15) is 0 Å². The molecule has 1 N–H and O–H groups in total. The van der Waals surface area contributed by atoms with Crippen LogP contribution in [-0.4, -0.2) is 11.7 Å². The van der Waals surface area contributed by atoms with Gasteiger partial charge < -0.3 is 5.11 Å². The molecule has 0 aliphatic carbocycles. The number of aliphatic hydroxyl groups is 1. The zero-order valence-electron chi connectivity index (χ0n) is 10.9. The molecule has 0 amide bonds. The predicted molar refractivity (Wildman–Crippen MR) is 71.3 cm³/mol. The highest BCUT2D eigenvalue weighted by Gasteiger charge is 1.89. The van der Waals surface area contributed by atoms with E-state index in [9.17, 15) is 0 Å². The van der Waals surface area contributed by atoms with Crippen molar-refractivity contribution in [2.24, 2.45) is 0 Å². The van der Waals surface area contributed by atoms with Crippen molar-refractivity contribution >= 4 is 0 Å². The zero-order chi connectivity index (χ0) is 11.9. The van der Waals surface area contributed by atoms with Crippen molar-refractivity contribution in [1.29, 1.82) is 0 Å². The second kappa shape index (κ2) is 14.5. The van der Waals surface area contributed by atoms with Crippen molar-refractivity contribution in [1.82, 2.24) is 0 Å². The first kappa shape index (κ1) is 15.5. The van der Waals surface area contributed by atoms with E-state index in [1.165, 1.54) is 44.9 Å². The maximum Gasteiger partial charge on any atom is 0.0431 e. The molecule has 0 aromatic heterocycles. The highest BCUT2D eigenvalue weighted by Crippen LogP contribution is 2.07. The molecule has 0 aliphatic rings. The summed E-state index contributed by atoms with van der Waals surface area (Å²) in [6, 6.07) is 0. The molecular formula is C15H28O. The summed E-state index contributed by atoms with van der Waals surface area (Å²) in [4.78, 5) is 0. The third-order valence-corrected chi connectivity index (χ3v) is 2.74. The Morgan fingerprint density at radius 2 is 1.19 bits per heavy atom. The summed E-state index contributed by atoms with van der Waals surface area (Å²) in [6.07, 6.45) is 13.5. The molecule has 94 valence electrons. The average molecular weight is 224 g/mol. The Hall–Kier alpha value is -0.480. The van der Waals surface area contributed by atoms with Crippen LogP contribution in [0.3, 0.4) is 0 Å². The molecule has 0 saturated carbocycles. The van der Waals surface area contributed by atoms with E-state index in [1.807, 2.05) is 0 Å². The van der Waals surface area contributed by atoms with Gasteiger partial charge in [-0.15, -0.1) is 11.8 Å². The van der Waals surface area contributed by atoms with Crippen LogP contribution in [-0.2, 0) is 0 Å². The number of aliphatic hydroxyl groups excluding tert-OH is 1. The first-order valence-corrected chi connectivity index (χ1v) is 6.98. The highest BCUT2D eigenvalue weighted by atomic mass is 16.2. The zero-order valence-corrected chi connectivity index (χ0v) is 10.9. The lowest BCUT2D eigenvalue weighted by molar-refractivity contribution is 0.285. The minimum absolute atomic E-state index is 0.305. The van der Waals surface area contributed by atoms with E-state index >= 15 is 0 Å². The molecule has 1 nitrogen and oxygen atoms in total. The number of hydrogen-bond donors (Lipinski definition) is 1. The topological polar surface area (TPSA) is 20.2 Å². The normalized spacial score (nSPS) is 9.88. The van der Waals surface area contributed by atoms with Gasteiger partial charge in [0.2, 0.25) is 0 Å². The molecule has 0 spiro atoms. The molecule has 0 saturated heterocycles. The molecule has 0 aromatic carbocycles. The Kier molecular flexibility index (Phi) is 14.1. The second-order valence-corrected chi connectivity index (χ2v) is 4.41. The average Bonchev–Trinajstić information content (AvgIpc) is 2.31. The Morgan fingerprint density at radius 3 is 1.75 bits per heavy atom. The minimum atomic E-state index is 0.305. The van der Waals surface area contributed by atoms with Gasteiger partial charge in [-0.3, -0.25) is 0 Å². The van der Waals surface area contributed by atoms with E-state index in [-0.39, 0.29) is 0 Å². The summed E-state index contributed by atoms with van der Waals surface area (Å²) >= 11 is 0. The van der Waals surface area contributed by atoms with E-state index in [0.29, 0.717) is 6.61 Å². The smallest absolute Gasteiger partial charge is 0.0431 e. The van der Waals surface area contributed by atoms with Crippen molar-refractivity contribution in [3.63, 3.8) is 0 Å². The van der Waals surface area contributed by atoms with Crippen molar-refractivity contribution in [3.8, 4) is 11.8 Å². The van der Waals surface area contributed by atoms with Crippen LogP contribution in [0.4, 0.5) is 0 Å². The van der Waals surface area contributed by atoms with Gasteiger partial charge in [0.1, 0.15) is 0 Å². The minimum Gasteiger partial charge on any atom is -0.396 e. The van der Waals surface area contributed by atoms with Crippen LogP contribution in [0.25, 0.3) is 0 Å². The molecule has 0 aromatic rings. The van der Waals surface area contributed by atoms with Crippen LogP contribution in [0, 0.1) is 11.8 Å². The Balaban J connectivity index is 3.02. The number of rotatable bonds is 10. The van der Waals surface area contributed by atoms with Gasteiger partial charge in [0.05, 0.1) is 0 Å². The first-order valence-electron chi connectivity index (χ1n) is 6.98. The SMILES string of the molecule is CCCCCCCCCC#CCCCCO. The molecule has 0 rings (SSSR count). The van der Waals surface area contributed by atoms with Gasteiger partial charge in [-0.25, -0.2) is 0 Å². The molecule has 0 aliphatic heterocycles. The van der Waals surface area contributed by atoms with E-state index in [2.05, 4.69) is 18.8 Å². The maximum absolute atomic E-state index is 8.58. The Bertz CT molecular complexity index is 176. The van der Waals surface area contributed by atoms with Gasteiger partial charge in [-0.05, 0) is 19.3 Å². The summed E-state index contributed by atoms with van der Waals surface area (Å²) in [5.74, 6) is 6.39. The third kappa shape index (κ3) is 13.5. The fourth-order valence-electron chi connectivity index (χ4n) is 1.67. The standard InChI is InChI=1S/C15H28O/c1-2-3-4-5-6-7-8-9-10-11-12-13-14-15-16/h16H,2-9,12-15H2,1H3. The van der Waals surface area contributed by atoms with Crippen molar-refractivity contribution in [2.45, 2.75) is 77.6 Å². The lowest BCUT2D eigenvalue weighted by Crippen LogP contribution is -1.81. The summed E-state index contributed by atoms with van der Waals surface area (Å²) in [5.41, 5.74) is 0. The van der Waals surface area contributed by atoms with E-state index in [1.54, 1.807) is 0 Å². The fraction of sp³-hybridized carbons (Fsp3) is 0.867. The first-order chi connectivity index (χ1) is 7.91. The van der Waals surface area contributed by atoms with Crippen LogP contribution in [0.2, 0.25) is 0 Å².